The number of aryl methyl sites for hydroxylation is 1. The second kappa shape index (κ2) is 5.07. The average molecular weight is 260 g/mol. The second-order valence-electron chi connectivity index (χ2n) is 7.08. The molecule has 0 fully saturated rings. The average Bonchev–Trinajstić information content (AvgIpc) is 2.35. The van der Waals surface area contributed by atoms with E-state index in [2.05, 4.69) is 70.1 Å². The van der Waals surface area contributed by atoms with Crippen LogP contribution in [0, 0.1) is 5.41 Å². The summed E-state index contributed by atoms with van der Waals surface area (Å²) in [5.74, 6) is 0. The lowest BCUT2D eigenvalue weighted by Crippen LogP contribution is -2.39. The Labute approximate surface area is 118 Å². The van der Waals surface area contributed by atoms with E-state index in [1.54, 1.807) is 0 Å². The van der Waals surface area contributed by atoms with E-state index < -0.39 is 0 Å². The molecule has 2 nitrogen and oxygen atoms in total. The van der Waals surface area contributed by atoms with Gasteiger partial charge in [0.2, 0.25) is 0 Å². The van der Waals surface area contributed by atoms with Crippen molar-refractivity contribution in [1.29, 1.82) is 0 Å². The van der Waals surface area contributed by atoms with Crippen LogP contribution in [0.5, 0.6) is 0 Å². The van der Waals surface area contributed by atoms with Gasteiger partial charge in [-0.05, 0) is 55.9 Å². The third-order valence-electron chi connectivity index (χ3n) is 4.58. The smallest absolute Gasteiger partial charge is 0.0376 e. The molecule has 0 saturated heterocycles. The van der Waals surface area contributed by atoms with E-state index in [9.17, 15) is 0 Å². The summed E-state index contributed by atoms with van der Waals surface area (Å²) in [5, 5.41) is 3.57. The standard InChI is InChI=1S/C17H28N2/c1-12-7-8-14-11-15(9-10-16(14)18-12)19(6)13(2)17(3,4)5/h9-13,18H,7-8H2,1-6H3. The van der Waals surface area contributed by atoms with Gasteiger partial charge < -0.3 is 10.2 Å². The molecule has 0 aromatic heterocycles. The summed E-state index contributed by atoms with van der Waals surface area (Å²) in [6.45, 7) is 11.5. The fraction of sp³-hybridized carbons (Fsp3) is 0.647. The second-order valence-corrected chi connectivity index (χ2v) is 7.08. The van der Waals surface area contributed by atoms with Gasteiger partial charge in [0.05, 0.1) is 0 Å². The van der Waals surface area contributed by atoms with Gasteiger partial charge >= 0.3 is 0 Å². The highest BCUT2D eigenvalue weighted by molar-refractivity contribution is 5.62. The van der Waals surface area contributed by atoms with Crippen LogP contribution >= 0.6 is 0 Å². The highest BCUT2D eigenvalue weighted by Crippen LogP contribution is 2.32. The summed E-state index contributed by atoms with van der Waals surface area (Å²) in [6, 6.07) is 7.96. The molecule has 1 aliphatic rings. The van der Waals surface area contributed by atoms with E-state index in [1.807, 2.05) is 0 Å². The molecule has 19 heavy (non-hydrogen) atoms. The van der Waals surface area contributed by atoms with Crippen molar-refractivity contribution in [2.75, 3.05) is 17.3 Å². The maximum Gasteiger partial charge on any atom is 0.0376 e. The van der Waals surface area contributed by atoms with Crippen molar-refractivity contribution in [2.24, 2.45) is 5.41 Å². The Morgan fingerprint density at radius 3 is 2.63 bits per heavy atom. The van der Waals surface area contributed by atoms with Gasteiger partial charge in [-0.1, -0.05) is 20.8 Å². The number of benzene rings is 1. The summed E-state index contributed by atoms with van der Waals surface area (Å²) < 4.78 is 0. The van der Waals surface area contributed by atoms with Crippen molar-refractivity contribution < 1.29 is 0 Å². The van der Waals surface area contributed by atoms with Crippen LogP contribution in [-0.2, 0) is 6.42 Å². The van der Waals surface area contributed by atoms with Gasteiger partial charge in [0, 0.05) is 30.5 Å². The molecule has 1 N–H and O–H groups in total. The number of hydrogen-bond donors (Lipinski definition) is 1. The van der Waals surface area contributed by atoms with Crippen molar-refractivity contribution in [3.8, 4) is 0 Å². The molecule has 2 rings (SSSR count). The molecule has 2 atom stereocenters. The summed E-state index contributed by atoms with van der Waals surface area (Å²) in [7, 11) is 2.20. The Balaban J connectivity index is 2.23. The van der Waals surface area contributed by atoms with E-state index in [4.69, 9.17) is 0 Å². The first kappa shape index (κ1) is 14.2. The highest BCUT2D eigenvalue weighted by Gasteiger charge is 2.25. The van der Waals surface area contributed by atoms with E-state index in [0.717, 1.165) is 0 Å². The zero-order chi connectivity index (χ0) is 14.2. The van der Waals surface area contributed by atoms with Crippen molar-refractivity contribution in [1.82, 2.24) is 0 Å². The molecule has 1 aromatic rings. The fourth-order valence-electron chi connectivity index (χ4n) is 2.66. The van der Waals surface area contributed by atoms with Gasteiger partial charge in [-0.2, -0.15) is 0 Å². The minimum absolute atomic E-state index is 0.289. The number of nitrogens with one attached hydrogen (secondary N) is 1. The SMILES string of the molecule is CC1CCc2cc(N(C)C(C)C(C)(C)C)ccc2N1. The highest BCUT2D eigenvalue weighted by atomic mass is 15.1. The van der Waals surface area contributed by atoms with E-state index >= 15 is 0 Å². The third kappa shape index (κ3) is 3.05. The monoisotopic (exact) mass is 260 g/mol. The van der Waals surface area contributed by atoms with E-state index in [-0.39, 0.29) is 5.41 Å². The number of nitrogens with zero attached hydrogens (tertiary/aromatic N) is 1. The van der Waals surface area contributed by atoms with Gasteiger partial charge in [-0.3, -0.25) is 0 Å². The van der Waals surface area contributed by atoms with E-state index in [1.165, 1.54) is 29.8 Å². The minimum Gasteiger partial charge on any atom is -0.382 e. The molecule has 0 saturated carbocycles. The topological polar surface area (TPSA) is 15.3 Å². The first-order valence-corrected chi connectivity index (χ1v) is 7.41. The Morgan fingerprint density at radius 1 is 1.32 bits per heavy atom. The van der Waals surface area contributed by atoms with Crippen molar-refractivity contribution >= 4 is 11.4 Å². The van der Waals surface area contributed by atoms with Crippen LogP contribution in [0.1, 0.15) is 46.6 Å². The number of fused-ring (bicyclic) bond motifs is 1. The van der Waals surface area contributed by atoms with Crippen LogP contribution < -0.4 is 10.2 Å². The van der Waals surface area contributed by atoms with Gasteiger partial charge in [0.15, 0.2) is 0 Å². The first-order chi connectivity index (χ1) is 8.79. The lowest BCUT2D eigenvalue weighted by molar-refractivity contribution is 0.329. The molecule has 1 heterocycles. The maximum atomic E-state index is 3.57. The summed E-state index contributed by atoms with van der Waals surface area (Å²) in [5.41, 5.74) is 4.40. The van der Waals surface area contributed by atoms with Crippen LogP contribution in [0.2, 0.25) is 0 Å². The summed E-state index contributed by atoms with van der Waals surface area (Å²) in [4.78, 5) is 2.40. The van der Waals surface area contributed by atoms with Crippen LogP contribution in [0.4, 0.5) is 11.4 Å². The molecule has 106 valence electrons. The summed E-state index contributed by atoms with van der Waals surface area (Å²) in [6.07, 6.45) is 2.42. The van der Waals surface area contributed by atoms with Crippen molar-refractivity contribution in [3.63, 3.8) is 0 Å². The van der Waals surface area contributed by atoms with Gasteiger partial charge in [0.1, 0.15) is 0 Å². The molecule has 2 unspecified atom stereocenters. The lowest BCUT2D eigenvalue weighted by Gasteiger charge is -2.37. The van der Waals surface area contributed by atoms with Gasteiger partial charge in [-0.15, -0.1) is 0 Å². The Hall–Kier alpha value is -1.18. The van der Waals surface area contributed by atoms with Crippen LogP contribution in [0.3, 0.4) is 0 Å². The van der Waals surface area contributed by atoms with E-state index in [0.29, 0.717) is 12.1 Å². The molecule has 0 spiro atoms. The molecule has 1 aromatic carbocycles. The predicted molar refractivity (Wildman–Crippen MR) is 85.2 cm³/mol. The molecule has 0 bridgehead atoms. The molecule has 1 aliphatic heterocycles. The quantitative estimate of drug-likeness (QED) is 0.852. The molecular formula is C17H28N2. The largest absolute Gasteiger partial charge is 0.382 e. The zero-order valence-electron chi connectivity index (χ0n) is 13.2. The molecule has 2 heteroatoms. The number of hydrogen-bond acceptors (Lipinski definition) is 2. The van der Waals surface area contributed by atoms with Crippen LogP contribution in [-0.4, -0.2) is 19.1 Å². The van der Waals surface area contributed by atoms with Crippen molar-refractivity contribution in [3.05, 3.63) is 23.8 Å². The molecule has 0 aliphatic carbocycles. The first-order valence-electron chi connectivity index (χ1n) is 7.41. The molecule has 0 amide bonds. The third-order valence-corrected chi connectivity index (χ3v) is 4.58. The Morgan fingerprint density at radius 2 is 2.00 bits per heavy atom. The number of anilines is 2. The fourth-order valence-corrected chi connectivity index (χ4v) is 2.66. The van der Waals surface area contributed by atoms with Crippen LogP contribution in [0.25, 0.3) is 0 Å². The van der Waals surface area contributed by atoms with Crippen LogP contribution in [0.15, 0.2) is 18.2 Å². The normalized spacial score (nSPS) is 20.4. The van der Waals surface area contributed by atoms with Crippen molar-refractivity contribution in [2.45, 2.75) is 59.5 Å². The molecule has 0 radical (unpaired) electrons. The van der Waals surface area contributed by atoms with Gasteiger partial charge in [0.25, 0.3) is 0 Å². The predicted octanol–water partition coefficient (Wildman–Crippen LogP) is 4.30. The zero-order valence-corrected chi connectivity index (χ0v) is 13.2. The summed E-state index contributed by atoms with van der Waals surface area (Å²) >= 11 is 0. The maximum absolute atomic E-state index is 3.57. The minimum atomic E-state index is 0.289. The number of rotatable bonds is 2. The Kier molecular flexibility index (Phi) is 3.80. The molecular weight excluding hydrogens is 232 g/mol. The lowest BCUT2D eigenvalue weighted by atomic mass is 9.86. The Bertz CT molecular complexity index is 445. The van der Waals surface area contributed by atoms with Gasteiger partial charge in [-0.25, -0.2) is 0 Å².